The van der Waals surface area contributed by atoms with Crippen molar-refractivity contribution in [3.63, 3.8) is 0 Å². The predicted octanol–water partition coefficient (Wildman–Crippen LogP) is 2.20. The van der Waals surface area contributed by atoms with E-state index in [-0.39, 0.29) is 11.9 Å². The van der Waals surface area contributed by atoms with Gasteiger partial charge in [-0.1, -0.05) is 25.1 Å². The van der Waals surface area contributed by atoms with Gasteiger partial charge in [0.25, 0.3) is 0 Å². The molecule has 2 atom stereocenters. The molecule has 1 fully saturated rings. The van der Waals surface area contributed by atoms with Gasteiger partial charge in [0, 0.05) is 12.8 Å². The number of carbonyl (C=O) groups excluding carboxylic acids is 1. The molecule has 1 saturated heterocycles. The summed E-state index contributed by atoms with van der Waals surface area (Å²) in [7, 11) is 1.69. The van der Waals surface area contributed by atoms with Crippen molar-refractivity contribution in [2.45, 2.75) is 32.2 Å². The van der Waals surface area contributed by atoms with E-state index in [1.54, 1.807) is 7.11 Å². The van der Waals surface area contributed by atoms with Gasteiger partial charge in [-0.3, -0.25) is 4.79 Å². The third-order valence-electron chi connectivity index (χ3n) is 3.83. The summed E-state index contributed by atoms with van der Waals surface area (Å²) in [4.78, 5) is 12.3. The molecule has 0 aliphatic carbocycles. The Balaban J connectivity index is 1.99. The molecule has 0 saturated carbocycles. The van der Waals surface area contributed by atoms with Crippen molar-refractivity contribution >= 4 is 11.6 Å². The quantitative estimate of drug-likeness (QED) is 0.867. The fourth-order valence-electron chi connectivity index (χ4n) is 2.60. The van der Waals surface area contributed by atoms with Crippen LogP contribution < -0.4 is 10.6 Å². The Labute approximate surface area is 120 Å². The summed E-state index contributed by atoms with van der Waals surface area (Å²) in [5, 5.41) is 6.35. The summed E-state index contributed by atoms with van der Waals surface area (Å²) in [6, 6.07) is 7.85. The Morgan fingerprint density at radius 2 is 2.25 bits per heavy atom. The number of ether oxygens (including phenoxy) is 1. The molecule has 1 aliphatic heterocycles. The number of rotatable bonds is 5. The maximum absolute atomic E-state index is 12.3. The maximum Gasteiger partial charge on any atom is 0.241 e. The van der Waals surface area contributed by atoms with Crippen molar-refractivity contribution in [1.29, 1.82) is 0 Å². The van der Waals surface area contributed by atoms with Gasteiger partial charge in [0.1, 0.15) is 0 Å². The highest BCUT2D eigenvalue weighted by Gasteiger charge is 2.24. The number of hydrogen-bond donors (Lipinski definition) is 2. The number of methoxy groups -OCH3 is 1. The van der Waals surface area contributed by atoms with Crippen molar-refractivity contribution in [1.82, 2.24) is 5.32 Å². The summed E-state index contributed by atoms with van der Waals surface area (Å²) in [5.74, 6) is 0.678. The normalized spacial score (nSPS) is 22.5. The molecule has 0 bridgehead atoms. The molecule has 0 aromatic heterocycles. The number of para-hydroxylation sites is 1. The van der Waals surface area contributed by atoms with Crippen molar-refractivity contribution in [3.8, 4) is 0 Å². The molecule has 4 nitrogen and oxygen atoms in total. The zero-order valence-corrected chi connectivity index (χ0v) is 12.3. The average Bonchev–Trinajstić information content (AvgIpc) is 2.46. The average molecular weight is 276 g/mol. The number of amides is 1. The van der Waals surface area contributed by atoms with Crippen molar-refractivity contribution in [2.75, 3.05) is 25.6 Å². The van der Waals surface area contributed by atoms with Gasteiger partial charge < -0.3 is 15.4 Å². The minimum atomic E-state index is -0.0748. The van der Waals surface area contributed by atoms with E-state index in [1.165, 1.54) is 0 Å². The summed E-state index contributed by atoms with van der Waals surface area (Å²) < 4.78 is 5.11. The molecule has 20 heavy (non-hydrogen) atoms. The molecule has 1 aromatic carbocycles. The minimum absolute atomic E-state index is 0.0708. The molecule has 1 heterocycles. The van der Waals surface area contributed by atoms with Crippen molar-refractivity contribution in [2.24, 2.45) is 5.92 Å². The number of hydrogen-bond acceptors (Lipinski definition) is 3. The van der Waals surface area contributed by atoms with Gasteiger partial charge in [-0.05, 0) is 43.4 Å². The van der Waals surface area contributed by atoms with E-state index in [0.717, 1.165) is 37.1 Å². The Bertz CT molecular complexity index is 448. The highest BCUT2D eigenvalue weighted by atomic mass is 16.5. The van der Waals surface area contributed by atoms with Crippen LogP contribution in [0, 0.1) is 5.92 Å². The maximum atomic E-state index is 12.3. The third kappa shape index (κ3) is 4.05. The van der Waals surface area contributed by atoms with Gasteiger partial charge >= 0.3 is 0 Å². The summed E-state index contributed by atoms with van der Waals surface area (Å²) in [6.45, 7) is 3.78. The van der Waals surface area contributed by atoms with Crippen LogP contribution in [0.3, 0.4) is 0 Å². The Morgan fingerprint density at radius 3 is 3.00 bits per heavy atom. The highest BCUT2D eigenvalue weighted by Crippen LogP contribution is 2.19. The van der Waals surface area contributed by atoms with Crippen LogP contribution in [0.25, 0.3) is 0 Å². The van der Waals surface area contributed by atoms with Crippen molar-refractivity contribution in [3.05, 3.63) is 29.8 Å². The molecule has 1 amide bonds. The van der Waals surface area contributed by atoms with E-state index in [4.69, 9.17) is 4.74 Å². The fourth-order valence-corrected chi connectivity index (χ4v) is 2.60. The molecule has 0 radical (unpaired) electrons. The molecule has 4 heteroatoms. The van der Waals surface area contributed by atoms with Gasteiger partial charge in [-0.25, -0.2) is 0 Å². The fraction of sp³-hybridized carbons (Fsp3) is 0.562. The van der Waals surface area contributed by atoms with Crippen molar-refractivity contribution < 1.29 is 9.53 Å². The number of piperidine rings is 1. The lowest BCUT2D eigenvalue weighted by Gasteiger charge is -2.27. The largest absolute Gasteiger partial charge is 0.384 e. The monoisotopic (exact) mass is 276 g/mol. The van der Waals surface area contributed by atoms with Crippen LogP contribution in [0.2, 0.25) is 0 Å². The summed E-state index contributed by atoms with van der Waals surface area (Å²) in [5.41, 5.74) is 2.01. The van der Waals surface area contributed by atoms with E-state index in [0.29, 0.717) is 12.5 Å². The predicted molar refractivity (Wildman–Crippen MR) is 80.8 cm³/mol. The van der Waals surface area contributed by atoms with E-state index < -0.39 is 0 Å². The Hall–Kier alpha value is -1.39. The second kappa shape index (κ2) is 7.41. The molecule has 1 aliphatic rings. The first-order chi connectivity index (χ1) is 9.70. The Kier molecular flexibility index (Phi) is 5.56. The van der Waals surface area contributed by atoms with E-state index in [2.05, 4.69) is 17.6 Å². The summed E-state index contributed by atoms with van der Waals surface area (Å²) >= 11 is 0. The van der Waals surface area contributed by atoms with Crippen LogP contribution in [0.1, 0.15) is 25.3 Å². The van der Waals surface area contributed by atoms with Crippen LogP contribution in [0.4, 0.5) is 5.69 Å². The van der Waals surface area contributed by atoms with Crippen LogP contribution in [-0.4, -0.2) is 32.2 Å². The van der Waals surface area contributed by atoms with Crippen LogP contribution in [0.15, 0.2) is 24.3 Å². The molecule has 2 N–H and O–H groups in total. The van der Waals surface area contributed by atoms with Crippen LogP contribution in [0.5, 0.6) is 0 Å². The van der Waals surface area contributed by atoms with E-state index in [1.807, 2.05) is 24.3 Å². The number of carbonyl (C=O) groups is 1. The van der Waals surface area contributed by atoms with Gasteiger partial charge in [-0.2, -0.15) is 0 Å². The first-order valence-electron chi connectivity index (χ1n) is 7.31. The lowest BCUT2D eigenvalue weighted by Crippen LogP contribution is -2.45. The topological polar surface area (TPSA) is 50.4 Å². The zero-order valence-electron chi connectivity index (χ0n) is 12.3. The number of nitrogens with one attached hydrogen (secondary N) is 2. The molecule has 110 valence electrons. The van der Waals surface area contributed by atoms with Gasteiger partial charge in [0.2, 0.25) is 5.91 Å². The molecule has 2 unspecified atom stereocenters. The highest BCUT2D eigenvalue weighted by molar-refractivity contribution is 5.95. The minimum Gasteiger partial charge on any atom is -0.384 e. The second-order valence-corrected chi connectivity index (χ2v) is 5.53. The zero-order chi connectivity index (χ0) is 14.4. The van der Waals surface area contributed by atoms with Gasteiger partial charge in [-0.15, -0.1) is 0 Å². The molecular weight excluding hydrogens is 252 g/mol. The van der Waals surface area contributed by atoms with E-state index >= 15 is 0 Å². The third-order valence-corrected chi connectivity index (χ3v) is 3.83. The van der Waals surface area contributed by atoms with Gasteiger partial charge in [0.15, 0.2) is 0 Å². The lowest BCUT2D eigenvalue weighted by atomic mass is 9.94. The molecule has 0 spiro atoms. The second-order valence-electron chi connectivity index (χ2n) is 5.53. The molecule has 1 aromatic rings. The number of benzene rings is 1. The standard InChI is InChI=1S/C16H24N2O2/c1-12-7-9-17-15(11-12)16(19)18-14-6-4-3-5-13(14)8-10-20-2/h3-6,12,15,17H,7-11H2,1-2H3,(H,18,19). The smallest absolute Gasteiger partial charge is 0.241 e. The summed E-state index contributed by atoms with van der Waals surface area (Å²) in [6.07, 6.45) is 2.86. The lowest BCUT2D eigenvalue weighted by molar-refractivity contribution is -0.119. The van der Waals surface area contributed by atoms with Gasteiger partial charge in [0.05, 0.1) is 12.6 Å². The van der Waals surface area contributed by atoms with E-state index in [9.17, 15) is 4.79 Å². The Morgan fingerprint density at radius 1 is 1.45 bits per heavy atom. The van der Waals surface area contributed by atoms with Crippen LogP contribution in [-0.2, 0) is 16.0 Å². The molecule has 2 rings (SSSR count). The first kappa shape index (κ1) is 15.0. The number of anilines is 1. The first-order valence-corrected chi connectivity index (χ1v) is 7.31. The molecular formula is C16H24N2O2. The SMILES string of the molecule is COCCc1ccccc1NC(=O)C1CC(C)CCN1. The van der Waals surface area contributed by atoms with Crippen LogP contribution >= 0.6 is 0 Å².